The van der Waals surface area contributed by atoms with Crippen LogP contribution < -0.4 is 5.73 Å². The van der Waals surface area contributed by atoms with Gasteiger partial charge in [-0.15, -0.1) is 0 Å². The molecule has 1 atom stereocenters. The Labute approximate surface area is 105 Å². The molecule has 1 aromatic rings. The number of benzene rings is 1. The van der Waals surface area contributed by atoms with Crippen LogP contribution in [0.1, 0.15) is 18.4 Å². The van der Waals surface area contributed by atoms with Crippen LogP contribution in [0, 0.1) is 0 Å². The van der Waals surface area contributed by atoms with Crippen molar-refractivity contribution in [3.63, 3.8) is 0 Å². The fourth-order valence-electron chi connectivity index (χ4n) is 1.80. The number of hydrogen-bond acceptors (Lipinski definition) is 3. The topological polar surface area (TPSA) is 35.2 Å². The minimum atomic E-state index is 0.425. The molecule has 0 radical (unpaired) electrons. The molecule has 0 amide bonds. The van der Waals surface area contributed by atoms with Gasteiger partial charge in [-0.2, -0.15) is 11.8 Å². The first-order valence-corrected chi connectivity index (χ1v) is 7.03. The Balaban J connectivity index is 1.84. The zero-order valence-electron chi connectivity index (χ0n) is 9.12. The molecule has 16 heavy (non-hydrogen) atoms. The highest BCUT2D eigenvalue weighted by Crippen LogP contribution is 2.28. The Morgan fingerprint density at radius 3 is 3.06 bits per heavy atom. The predicted molar refractivity (Wildman–Crippen MR) is 71.0 cm³/mol. The van der Waals surface area contributed by atoms with E-state index in [-0.39, 0.29) is 0 Å². The third-order valence-electron chi connectivity index (χ3n) is 2.73. The summed E-state index contributed by atoms with van der Waals surface area (Å²) in [7, 11) is 0. The van der Waals surface area contributed by atoms with Crippen molar-refractivity contribution in [1.29, 1.82) is 0 Å². The Hall–Kier alpha value is -0.380. The molecule has 2 nitrogen and oxygen atoms in total. The second kappa shape index (κ2) is 5.80. The number of hydrogen-bond donors (Lipinski definition) is 1. The molecular formula is C12H16ClNOS. The molecule has 1 saturated heterocycles. The van der Waals surface area contributed by atoms with Gasteiger partial charge in [-0.05, 0) is 25.0 Å². The third kappa shape index (κ3) is 3.06. The van der Waals surface area contributed by atoms with Crippen LogP contribution in [0.15, 0.2) is 18.2 Å². The van der Waals surface area contributed by atoms with Crippen LogP contribution in [0.3, 0.4) is 0 Å². The normalized spacial score (nSPS) is 20.2. The molecule has 0 aliphatic carbocycles. The minimum Gasteiger partial charge on any atom is -0.398 e. The number of thioether (sulfide) groups is 1. The zero-order valence-corrected chi connectivity index (χ0v) is 10.7. The highest BCUT2D eigenvalue weighted by Gasteiger charge is 2.15. The van der Waals surface area contributed by atoms with Gasteiger partial charge in [-0.1, -0.05) is 17.7 Å². The van der Waals surface area contributed by atoms with Gasteiger partial charge in [0.1, 0.15) is 0 Å². The fourth-order valence-corrected chi connectivity index (χ4v) is 3.29. The van der Waals surface area contributed by atoms with Crippen LogP contribution in [0.5, 0.6) is 0 Å². The van der Waals surface area contributed by atoms with Gasteiger partial charge >= 0.3 is 0 Å². The molecule has 1 unspecified atom stereocenters. The van der Waals surface area contributed by atoms with Gasteiger partial charge in [0.15, 0.2) is 0 Å². The lowest BCUT2D eigenvalue weighted by atomic mass is 10.2. The van der Waals surface area contributed by atoms with E-state index >= 15 is 0 Å². The van der Waals surface area contributed by atoms with Crippen molar-refractivity contribution in [2.45, 2.75) is 24.7 Å². The summed E-state index contributed by atoms with van der Waals surface area (Å²) in [4.78, 5) is 0. The summed E-state index contributed by atoms with van der Waals surface area (Å²) in [6, 6.07) is 5.67. The minimum absolute atomic E-state index is 0.425. The summed E-state index contributed by atoms with van der Waals surface area (Å²) in [6.07, 6.45) is 2.80. The number of rotatable bonds is 4. The number of anilines is 1. The quantitative estimate of drug-likeness (QED) is 0.841. The number of nitrogen functional groups attached to an aromatic ring is 1. The number of halogens is 1. The molecule has 88 valence electrons. The van der Waals surface area contributed by atoms with Crippen molar-refractivity contribution in [1.82, 2.24) is 0 Å². The highest BCUT2D eigenvalue weighted by molar-refractivity contribution is 7.98. The van der Waals surface area contributed by atoms with Crippen LogP contribution in [-0.4, -0.2) is 18.5 Å². The molecule has 0 aromatic heterocycles. The van der Waals surface area contributed by atoms with E-state index in [9.17, 15) is 0 Å². The Bertz CT molecular complexity index is 333. The van der Waals surface area contributed by atoms with Crippen molar-refractivity contribution in [3.8, 4) is 0 Å². The molecule has 2 rings (SSSR count). The molecule has 2 N–H and O–H groups in total. The van der Waals surface area contributed by atoms with E-state index in [4.69, 9.17) is 22.1 Å². The summed E-state index contributed by atoms with van der Waals surface area (Å²) >= 11 is 7.94. The summed E-state index contributed by atoms with van der Waals surface area (Å²) in [5.74, 6) is 1.90. The maximum atomic E-state index is 6.10. The fraction of sp³-hybridized carbons (Fsp3) is 0.500. The predicted octanol–water partition coefficient (Wildman–Crippen LogP) is 3.33. The summed E-state index contributed by atoms with van der Waals surface area (Å²) < 4.78 is 5.57. The van der Waals surface area contributed by atoms with Crippen molar-refractivity contribution in [2.75, 3.05) is 18.1 Å². The van der Waals surface area contributed by atoms with Gasteiger partial charge in [0.05, 0.1) is 6.10 Å². The first-order chi connectivity index (χ1) is 7.77. The maximum absolute atomic E-state index is 6.10. The monoisotopic (exact) mass is 257 g/mol. The molecule has 0 spiro atoms. The van der Waals surface area contributed by atoms with E-state index in [0.29, 0.717) is 6.10 Å². The van der Waals surface area contributed by atoms with Crippen LogP contribution in [0.4, 0.5) is 5.69 Å². The molecule has 0 saturated carbocycles. The SMILES string of the molecule is Nc1cccc(Cl)c1CSCC1CCCO1. The van der Waals surface area contributed by atoms with Crippen LogP contribution in [-0.2, 0) is 10.5 Å². The van der Waals surface area contributed by atoms with E-state index in [0.717, 1.165) is 34.4 Å². The molecule has 1 aromatic carbocycles. The van der Waals surface area contributed by atoms with Crippen LogP contribution >= 0.6 is 23.4 Å². The van der Waals surface area contributed by atoms with Gasteiger partial charge in [0.2, 0.25) is 0 Å². The van der Waals surface area contributed by atoms with Crippen LogP contribution in [0.25, 0.3) is 0 Å². The first-order valence-electron chi connectivity index (χ1n) is 5.49. The Morgan fingerprint density at radius 2 is 2.38 bits per heavy atom. The highest BCUT2D eigenvalue weighted by atomic mass is 35.5. The Kier molecular flexibility index (Phi) is 4.38. The molecule has 1 fully saturated rings. The second-order valence-corrected chi connectivity index (χ2v) is 5.40. The average Bonchev–Trinajstić information content (AvgIpc) is 2.75. The van der Waals surface area contributed by atoms with E-state index in [1.807, 2.05) is 30.0 Å². The van der Waals surface area contributed by atoms with Gasteiger partial charge in [0, 0.05) is 34.4 Å². The van der Waals surface area contributed by atoms with E-state index < -0.39 is 0 Å². The zero-order chi connectivity index (χ0) is 11.4. The maximum Gasteiger partial charge on any atom is 0.0666 e. The van der Waals surface area contributed by atoms with E-state index in [1.165, 1.54) is 12.8 Å². The third-order valence-corrected chi connectivity index (χ3v) is 4.18. The lowest BCUT2D eigenvalue weighted by Crippen LogP contribution is -2.08. The molecule has 1 aliphatic heterocycles. The smallest absolute Gasteiger partial charge is 0.0666 e. The van der Waals surface area contributed by atoms with Gasteiger partial charge < -0.3 is 10.5 Å². The molecule has 1 aliphatic rings. The molecular weight excluding hydrogens is 242 g/mol. The largest absolute Gasteiger partial charge is 0.398 e. The summed E-state index contributed by atoms with van der Waals surface area (Å²) in [6.45, 7) is 0.916. The van der Waals surface area contributed by atoms with Gasteiger partial charge in [-0.3, -0.25) is 0 Å². The average molecular weight is 258 g/mol. The second-order valence-electron chi connectivity index (χ2n) is 3.96. The lowest BCUT2D eigenvalue weighted by molar-refractivity contribution is 0.129. The van der Waals surface area contributed by atoms with Gasteiger partial charge in [0.25, 0.3) is 0 Å². The summed E-state index contributed by atoms with van der Waals surface area (Å²) in [5, 5.41) is 0.764. The first kappa shape index (κ1) is 12.1. The van der Waals surface area contributed by atoms with Crippen molar-refractivity contribution in [2.24, 2.45) is 0 Å². The standard InChI is InChI=1S/C12H16ClNOS/c13-11-4-1-5-12(14)10(11)8-16-7-9-3-2-6-15-9/h1,4-5,9H,2-3,6-8,14H2. The van der Waals surface area contributed by atoms with Crippen molar-refractivity contribution in [3.05, 3.63) is 28.8 Å². The Morgan fingerprint density at radius 1 is 1.50 bits per heavy atom. The number of nitrogens with two attached hydrogens (primary N) is 1. The molecule has 1 heterocycles. The van der Waals surface area contributed by atoms with Crippen molar-refractivity contribution >= 4 is 29.1 Å². The van der Waals surface area contributed by atoms with Crippen molar-refractivity contribution < 1.29 is 4.74 Å². The lowest BCUT2D eigenvalue weighted by Gasteiger charge is -2.10. The summed E-state index contributed by atoms with van der Waals surface area (Å²) in [5.41, 5.74) is 7.72. The van der Waals surface area contributed by atoms with Crippen LogP contribution in [0.2, 0.25) is 5.02 Å². The number of ether oxygens (including phenoxy) is 1. The van der Waals surface area contributed by atoms with Gasteiger partial charge in [-0.25, -0.2) is 0 Å². The van der Waals surface area contributed by atoms with E-state index in [2.05, 4.69) is 0 Å². The van der Waals surface area contributed by atoms with E-state index in [1.54, 1.807) is 0 Å². The molecule has 0 bridgehead atoms. The molecule has 4 heteroatoms.